The average Bonchev–Trinajstić information content (AvgIpc) is 2.29. The highest BCUT2D eigenvalue weighted by Crippen LogP contribution is 2.06. The van der Waals surface area contributed by atoms with Crippen molar-refractivity contribution in [2.45, 2.75) is 0 Å². The van der Waals surface area contributed by atoms with E-state index in [0.29, 0.717) is 26.4 Å². The van der Waals surface area contributed by atoms with Crippen molar-refractivity contribution < 1.29 is 18.6 Å². The first-order valence-corrected chi connectivity index (χ1v) is 6.59. The number of hydrogen-bond donors (Lipinski definition) is 0. The Morgan fingerprint density at radius 2 is 0.889 bits per heavy atom. The zero-order valence-electron chi connectivity index (χ0n) is 11.3. The third-order valence-electron chi connectivity index (χ3n) is 3.24. The van der Waals surface area contributed by atoms with E-state index < -0.39 is 14.0 Å². The standard InChI is InChI=1S/C10H22B2N2O4/c1-13-3-7-15-11(16-8-4-13)12-17-9-5-14(2)6-10-18-12/h3-10H2,1-2H3. The summed E-state index contributed by atoms with van der Waals surface area (Å²) in [6.45, 7) is 6.22. The normalized spacial score (nSPS) is 26.3. The van der Waals surface area contributed by atoms with E-state index in [1.165, 1.54) is 0 Å². The van der Waals surface area contributed by atoms with Crippen LogP contribution in [0.15, 0.2) is 0 Å². The first-order valence-electron chi connectivity index (χ1n) is 6.59. The van der Waals surface area contributed by atoms with Crippen LogP contribution in [0.25, 0.3) is 0 Å². The van der Waals surface area contributed by atoms with Gasteiger partial charge in [-0.25, -0.2) is 0 Å². The molecule has 18 heavy (non-hydrogen) atoms. The Morgan fingerprint density at radius 1 is 0.611 bits per heavy atom. The Bertz CT molecular complexity index is 206. The predicted octanol–water partition coefficient (Wildman–Crippen LogP) is -1.00. The van der Waals surface area contributed by atoms with Gasteiger partial charge >= 0.3 is 14.0 Å². The van der Waals surface area contributed by atoms with Crippen LogP contribution in [0.1, 0.15) is 0 Å². The first kappa shape index (κ1) is 14.3. The lowest BCUT2D eigenvalue weighted by molar-refractivity contribution is 0.102. The molecule has 2 heterocycles. The van der Waals surface area contributed by atoms with Gasteiger partial charge in [-0.3, -0.25) is 0 Å². The molecule has 0 aromatic carbocycles. The summed E-state index contributed by atoms with van der Waals surface area (Å²) in [5.41, 5.74) is 0. The minimum absolute atomic E-state index is 0.401. The van der Waals surface area contributed by atoms with E-state index in [9.17, 15) is 0 Å². The maximum atomic E-state index is 5.69. The zero-order valence-corrected chi connectivity index (χ0v) is 11.3. The van der Waals surface area contributed by atoms with Crippen LogP contribution < -0.4 is 0 Å². The highest BCUT2D eigenvalue weighted by Gasteiger charge is 2.40. The molecule has 6 nitrogen and oxygen atoms in total. The molecular weight excluding hydrogens is 234 g/mol. The fourth-order valence-electron chi connectivity index (χ4n) is 1.93. The van der Waals surface area contributed by atoms with Crippen molar-refractivity contribution in [1.29, 1.82) is 0 Å². The van der Waals surface area contributed by atoms with Gasteiger partial charge in [-0.15, -0.1) is 0 Å². The summed E-state index contributed by atoms with van der Waals surface area (Å²) in [5, 5.41) is 0. The molecule has 0 bridgehead atoms. The van der Waals surface area contributed by atoms with Gasteiger partial charge in [0.25, 0.3) is 0 Å². The Labute approximate surface area is 110 Å². The van der Waals surface area contributed by atoms with E-state index in [0.717, 1.165) is 26.2 Å². The fraction of sp³-hybridized carbons (Fsp3) is 1.00. The molecule has 102 valence electrons. The summed E-state index contributed by atoms with van der Waals surface area (Å²) in [4.78, 5) is 4.37. The van der Waals surface area contributed by atoms with Gasteiger partial charge in [0.05, 0.1) is 0 Å². The molecule has 0 unspecified atom stereocenters. The van der Waals surface area contributed by atoms with Gasteiger partial charge < -0.3 is 28.4 Å². The van der Waals surface area contributed by atoms with E-state index in [2.05, 4.69) is 23.9 Å². The van der Waals surface area contributed by atoms with Crippen LogP contribution >= 0.6 is 0 Å². The second kappa shape index (κ2) is 7.47. The lowest BCUT2D eigenvalue weighted by Gasteiger charge is -2.28. The lowest BCUT2D eigenvalue weighted by atomic mass is 9.48. The summed E-state index contributed by atoms with van der Waals surface area (Å²) in [6.07, 6.45) is 0. The molecule has 2 aliphatic heterocycles. The molecule has 2 rings (SSSR count). The van der Waals surface area contributed by atoms with Gasteiger partial charge in [0.1, 0.15) is 0 Å². The molecule has 0 radical (unpaired) electrons. The van der Waals surface area contributed by atoms with Gasteiger partial charge in [0, 0.05) is 52.6 Å². The Balaban J connectivity index is 1.81. The molecule has 0 saturated carbocycles. The Morgan fingerprint density at radius 3 is 1.17 bits per heavy atom. The molecular formula is C10H22B2N2O4. The lowest BCUT2D eigenvalue weighted by Crippen LogP contribution is -2.51. The van der Waals surface area contributed by atoms with E-state index in [1.807, 2.05) is 0 Å². The second-order valence-electron chi connectivity index (χ2n) is 4.83. The summed E-state index contributed by atoms with van der Waals surface area (Å²) in [7, 11) is 3.32. The third-order valence-corrected chi connectivity index (χ3v) is 3.24. The Kier molecular flexibility index (Phi) is 5.94. The highest BCUT2D eigenvalue weighted by molar-refractivity contribution is 7.10. The molecule has 8 heteroatoms. The van der Waals surface area contributed by atoms with Gasteiger partial charge in [-0.05, 0) is 14.1 Å². The number of rotatable bonds is 1. The van der Waals surface area contributed by atoms with Crippen LogP contribution in [0.2, 0.25) is 0 Å². The van der Waals surface area contributed by atoms with Crippen molar-refractivity contribution in [1.82, 2.24) is 9.80 Å². The van der Waals surface area contributed by atoms with Crippen LogP contribution in [0.3, 0.4) is 0 Å². The molecule has 2 aliphatic rings. The van der Waals surface area contributed by atoms with Gasteiger partial charge in [0.15, 0.2) is 0 Å². The fourth-order valence-corrected chi connectivity index (χ4v) is 1.93. The van der Waals surface area contributed by atoms with Crippen LogP contribution in [0, 0.1) is 0 Å². The second-order valence-corrected chi connectivity index (χ2v) is 4.83. The topological polar surface area (TPSA) is 43.4 Å². The number of hydrogen-bond acceptors (Lipinski definition) is 6. The minimum atomic E-state index is -0.401. The van der Waals surface area contributed by atoms with Crippen molar-refractivity contribution in [2.75, 3.05) is 66.7 Å². The van der Waals surface area contributed by atoms with Gasteiger partial charge in [-0.2, -0.15) is 0 Å². The van der Waals surface area contributed by atoms with Crippen LogP contribution in [0.4, 0.5) is 0 Å². The molecule has 0 atom stereocenters. The van der Waals surface area contributed by atoms with Crippen molar-refractivity contribution in [2.24, 2.45) is 0 Å². The van der Waals surface area contributed by atoms with Crippen molar-refractivity contribution in [3.63, 3.8) is 0 Å². The molecule has 0 aromatic rings. The van der Waals surface area contributed by atoms with E-state index in [-0.39, 0.29) is 0 Å². The summed E-state index contributed by atoms with van der Waals surface area (Å²) in [6, 6.07) is 0. The van der Waals surface area contributed by atoms with Crippen molar-refractivity contribution in [3.8, 4) is 0 Å². The average molecular weight is 256 g/mol. The maximum absolute atomic E-state index is 5.69. The molecule has 2 fully saturated rings. The van der Waals surface area contributed by atoms with Crippen molar-refractivity contribution >= 4 is 14.0 Å². The van der Waals surface area contributed by atoms with Crippen molar-refractivity contribution in [3.05, 3.63) is 0 Å². The van der Waals surface area contributed by atoms with E-state index in [1.54, 1.807) is 0 Å². The number of likely N-dealkylation sites (N-methyl/N-ethyl adjacent to an activating group) is 2. The van der Waals surface area contributed by atoms with E-state index >= 15 is 0 Å². The molecule has 0 aliphatic carbocycles. The Hall–Kier alpha value is -0.110. The highest BCUT2D eigenvalue weighted by atomic mass is 16.6. The van der Waals surface area contributed by atoms with Gasteiger partial charge in [0.2, 0.25) is 0 Å². The van der Waals surface area contributed by atoms with Crippen LogP contribution in [-0.2, 0) is 18.6 Å². The summed E-state index contributed by atoms with van der Waals surface area (Å²) in [5.74, 6) is 0. The molecule has 0 spiro atoms. The van der Waals surface area contributed by atoms with Crippen LogP contribution in [0.5, 0.6) is 0 Å². The van der Waals surface area contributed by atoms with E-state index in [4.69, 9.17) is 18.6 Å². The molecule has 0 amide bonds. The SMILES string of the molecule is CN1CCOB(B2OCCN(C)CCO2)OCC1. The minimum Gasteiger partial charge on any atom is -0.412 e. The first-order chi connectivity index (χ1) is 8.75. The number of nitrogens with zero attached hydrogens (tertiary/aromatic N) is 2. The monoisotopic (exact) mass is 256 g/mol. The molecule has 0 N–H and O–H groups in total. The van der Waals surface area contributed by atoms with Crippen LogP contribution in [-0.4, -0.2) is 90.5 Å². The largest absolute Gasteiger partial charge is 0.488 e. The predicted molar refractivity (Wildman–Crippen MR) is 70.3 cm³/mol. The maximum Gasteiger partial charge on any atom is 0.488 e. The molecule has 0 aromatic heterocycles. The van der Waals surface area contributed by atoms with Gasteiger partial charge in [-0.1, -0.05) is 0 Å². The quantitative estimate of drug-likeness (QED) is 0.560. The zero-order chi connectivity index (χ0) is 12.8. The summed E-state index contributed by atoms with van der Waals surface area (Å²) < 4.78 is 22.8. The smallest absolute Gasteiger partial charge is 0.412 e. The molecule has 2 saturated heterocycles. The summed E-state index contributed by atoms with van der Waals surface area (Å²) >= 11 is 0. The third kappa shape index (κ3) is 4.53.